The second-order valence-corrected chi connectivity index (χ2v) is 8.47. The summed E-state index contributed by atoms with van der Waals surface area (Å²) in [4.78, 5) is 45.1. The van der Waals surface area contributed by atoms with Crippen LogP contribution in [0, 0.1) is 0 Å². The second-order valence-electron chi connectivity index (χ2n) is 8.47. The molecule has 2 aromatic carbocycles. The molecule has 10 heteroatoms. The fourth-order valence-corrected chi connectivity index (χ4v) is 4.50. The monoisotopic (exact) mass is 483 g/mol. The lowest BCUT2D eigenvalue weighted by Gasteiger charge is -2.22. The summed E-state index contributed by atoms with van der Waals surface area (Å²) in [5, 5.41) is 4.00. The van der Waals surface area contributed by atoms with Gasteiger partial charge in [0.15, 0.2) is 0 Å². The number of benzene rings is 2. The number of carbonyl (C=O) groups excluding carboxylic acids is 2. The van der Waals surface area contributed by atoms with Crippen molar-refractivity contribution in [2.75, 3.05) is 22.9 Å². The number of urea groups is 1. The van der Waals surface area contributed by atoms with Crippen LogP contribution in [-0.2, 0) is 13.5 Å². The number of pyridine rings is 1. The van der Waals surface area contributed by atoms with Crippen molar-refractivity contribution in [2.45, 2.75) is 13.3 Å². The standard InChI is InChI=1S/C26H25N7O3/c1-3-21-22(17-7-9-19(10-8-17)33-16-29-30(2)25(33)35)11-12-28-24(21)32-14-13-31(26(32)36)20-6-4-5-18(15-20)23(27)34/h4-12,15-16H,3,13-14H2,1-2H3,(H2,27,34). The second kappa shape index (κ2) is 9.14. The van der Waals surface area contributed by atoms with Gasteiger partial charge in [-0.1, -0.05) is 25.1 Å². The third kappa shape index (κ3) is 3.92. The van der Waals surface area contributed by atoms with Crippen LogP contribution in [0.15, 0.2) is 71.9 Å². The fourth-order valence-electron chi connectivity index (χ4n) is 4.50. The summed E-state index contributed by atoms with van der Waals surface area (Å²) in [5.74, 6) is 0.0727. The van der Waals surface area contributed by atoms with E-state index < -0.39 is 5.91 Å². The molecule has 1 fully saturated rings. The van der Waals surface area contributed by atoms with E-state index in [1.54, 1.807) is 47.3 Å². The van der Waals surface area contributed by atoms with E-state index in [9.17, 15) is 14.4 Å². The van der Waals surface area contributed by atoms with E-state index in [0.29, 0.717) is 42.3 Å². The molecular formula is C26H25N7O3. The van der Waals surface area contributed by atoms with Crippen LogP contribution in [0.1, 0.15) is 22.8 Å². The third-order valence-electron chi connectivity index (χ3n) is 6.37. The summed E-state index contributed by atoms with van der Waals surface area (Å²) in [6.07, 6.45) is 3.86. The van der Waals surface area contributed by atoms with Gasteiger partial charge in [-0.3, -0.25) is 14.6 Å². The van der Waals surface area contributed by atoms with Crippen molar-refractivity contribution in [3.63, 3.8) is 0 Å². The Kier molecular flexibility index (Phi) is 5.85. The predicted octanol–water partition coefficient (Wildman–Crippen LogP) is 2.74. The zero-order chi connectivity index (χ0) is 25.4. The number of nitrogens with two attached hydrogens (primary N) is 1. The maximum Gasteiger partial charge on any atom is 0.350 e. The molecule has 0 atom stereocenters. The molecule has 3 heterocycles. The average molecular weight is 484 g/mol. The highest BCUT2D eigenvalue weighted by atomic mass is 16.2. The minimum absolute atomic E-state index is 0.206. The highest BCUT2D eigenvalue weighted by Gasteiger charge is 2.33. The number of hydrogen-bond acceptors (Lipinski definition) is 5. The van der Waals surface area contributed by atoms with Gasteiger partial charge in [-0.2, -0.15) is 5.10 Å². The summed E-state index contributed by atoms with van der Waals surface area (Å²) in [6, 6.07) is 16.1. The Morgan fingerprint density at radius 3 is 2.42 bits per heavy atom. The zero-order valence-electron chi connectivity index (χ0n) is 20.0. The molecule has 5 rings (SSSR count). The Bertz CT molecular complexity index is 1520. The number of rotatable bonds is 6. The molecule has 1 aliphatic rings. The summed E-state index contributed by atoms with van der Waals surface area (Å²) in [6.45, 7) is 2.96. The lowest BCUT2D eigenvalue weighted by Crippen LogP contribution is -2.33. The van der Waals surface area contributed by atoms with Gasteiger partial charge in [-0.25, -0.2) is 23.8 Å². The van der Waals surface area contributed by atoms with Crippen molar-refractivity contribution >= 4 is 23.4 Å². The summed E-state index contributed by atoms with van der Waals surface area (Å²) in [5.41, 5.74) is 9.75. The Hall–Kier alpha value is -4.73. The van der Waals surface area contributed by atoms with Gasteiger partial charge in [0.25, 0.3) is 0 Å². The van der Waals surface area contributed by atoms with E-state index in [4.69, 9.17) is 5.73 Å². The normalized spacial score (nSPS) is 13.4. The number of amides is 3. The van der Waals surface area contributed by atoms with Crippen molar-refractivity contribution in [3.8, 4) is 16.8 Å². The van der Waals surface area contributed by atoms with Gasteiger partial charge in [0, 0.05) is 43.1 Å². The number of aryl methyl sites for hydroxylation is 1. The van der Waals surface area contributed by atoms with Crippen LogP contribution in [-0.4, -0.2) is 44.4 Å². The number of carbonyl (C=O) groups is 2. The van der Waals surface area contributed by atoms with E-state index in [2.05, 4.69) is 10.1 Å². The lowest BCUT2D eigenvalue weighted by atomic mass is 9.98. The van der Waals surface area contributed by atoms with Crippen molar-refractivity contribution in [1.82, 2.24) is 19.3 Å². The summed E-state index contributed by atoms with van der Waals surface area (Å²) < 4.78 is 2.76. The first-order valence-corrected chi connectivity index (χ1v) is 11.6. The van der Waals surface area contributed by atoms with Gasteiger partial charge in [0.05, 0.1) is 5.69 Å². The van der Waals surface area contributed by atoms with Gasteiger partial charge in [0.1, 0.15) is 12.1 Å². The van der Waals surface area contributed by atoms with Gasteiger partial charge < -0.3 is 5.73 Å². The molecule has 0 saturated carbocycles. The fraction of sp³-hybridized carbons (Fsp3) is 0.192. The Balaban J connectivity index is 1.46. The molecule has 0 bridgehead atoms. The van der Waals surface area contributed by atoms with Crippen LogP contribution in [0.2, 0.25) is 0 Å². The molecule has 3 amide bonds. The number of aromatic nitrogens is 4. The molecule has 0 radical (unpaired) electrons. The number of anilines is 2. The highest BCUT2D eigenvalue weighted by Crippen LogP contribution is 2.33. The minimum atomic E-state index is -0.539. The Labute approximate surface area is 207 Å². The lowest BCUT2D eigenvalue weighted by molar-refractivity contribution is 0.1000. The molecule has 0 spiro atoms. The summed E-state index contributed by atoms with van der Waals surface area (Å²) >= 11 is 0. The van der Waals surface area contributed by atoms with Crippen LogP contribution in [0.5, 0.6) is 0 Å². The van der Waals surface area contributed by atoms with Crippen LogP contribution >= 0.6 is 0 Å². The molecule has 1 saturated heterocycles. The molecule has 4 aromatic rings. The van der Waals surface area contributed by atoms with E-state index in [1.807, 2.05) is 37.3 Å². The third-order valence-corrected chi connectivity index (χ3v) is 6.37. The van der Waals surface area contributed by atoms with E-state index in [-0.39, 0.29) is 11.7 Å². The first kappa shape index (κ1) is 23.0. The molecule has 36 heavy (non-hydrogen) atoms. The van der Waals surface area contributed by atoms with Gasteiger partial charge in [0.2, 0.25) is 5.91 Å². The molecule has 2 N–H and O–H groups in total. The SMILES string of the molecule is CCc1c(-c2ccc(-n3cnn(C)c3=O)cc2)ccnc1N1CCN(c2cccc(C(N)=O)c2)C1=O. The molecule has 1 aliphatic heterocycles. The Morgan fingerprint density at radius 2 is 1.75 bits per heavy atom. The molecule has 182 valence electrons. The average Bonchev–Trinajstić information content (AvgIpc) is 3.45. The van der Waals surface area contributed by atoms with Crippen LogP contribution in [0.4, 0.5) is 16.3 Å². The Morgan fingerprint density at radius 1 is 1.00 bits per heavy atom. The molecular weight excluding hydrogens is 458 g/mol. The zero-order valence-corrected chi connectivity index (χ0v) is 20.0. The van der Waals surface area contributed by atoms with Gasteiger partial charge >= 0.3 is 11.7 Å². The quantitative estimate of drug-likeness (QED) is 0.452. The maximum absolute atomic E-state index is 13.4. The first-order valence-electron chi connectivity index (χ1n) is 11.6. The van der Waals surface area contributed by atoms with Crippen molar-refractivity contribution in [3.05, 3.63) is 88.7 Å². The van der Waals surface area contributed by atoms with Crippen LogP contribution in [0.3, 0.4) is 0 Å². The smallest absolute Gasteiger partial charge is 0.350 e. The number of hydrogen-bond donors (Lipinski definition) is 1. The first-order chi connectivity index (χ1) is 17.4. The largest absolute Gasteiger partial charge is 0.366 e. The predicted molar refractivity (Wildman–Crippen MR) is 136 cm³/mol. The van der Waals surface area contributed by atoms with Crippen molar-refractivity contribution < 1.29 is 9.59 Å². The van der Waals surface area contributed by atoms with E-state index in [1.165, 1.54) is 15.6 Å². The number of nitrogens with zero attached hydrogens (tertiary/aromatic N) is 6. The molecule has 0 aliphatic carbocycles. The minimum Gasteiger partial charge on any atom is -0.366 e. The van der Waals surface area contributed by atoms with Gasteiger partial charge in [-0.05, 0) is 53.9 Å². The molecule has 0 unspecified atom stereocenters. The highest BCUT2D eigenvalue weighted by molar-refractivity contribution is 6.07. The van der Waals surface area contributed by atoms with E-state index >= 15 is 0 Å². The van der Waals surface area contributed by atoms with Gasteiger partial charge in [-0.15, -0.1) is 0 Å². The number of primary amides is 1. The van der Waals surface area contributed by atoms with E-state index in [0.717, 1.165) is 16.7 Å². The maximum atomic E-state index is 13.4. The topological polar surface area (TPSA) is 119 Å². The molecule has 10 nitrogen and oxygen atoms in total. The summed E-state index contributed by atoms with van der Waals surface area (Å²) in [7, 11) is 1.61. The van der Waals surface area contributed by atoms with Crippen molar-refractivity contribution in [2.24, 2.45) is 12.8 Å². The van der Waals surface area contributed by atoms with Crippen molar-refractivity contribution in [1.29, 1.82) is 0 Å². The molecule has 2 aromatic heterocycles. The van der Waals surface area contributed by atoms with Crippen LogP contribution < -0.4 is 21.2 Å². The van der Waals surface area contributed by atoms with Crippen LogP contribution in [0.25, 0.3) is 16.8 Å².